The molecule has 0 N–H and O–H groups in total. The van der Waals surface area contributed by atoms with Crippen LogP contribution in [0.3, 0.4) is 0 Å². The fourth-order valence-corrected chi connectivity index (χ4v) is 2.06. The van der Waals surface area contributed by atoms with Crippen LogP contribution in [-0.4, -0.2) is 32.1 Å². The highest BCUT2D eigenvalue weighted by atomic mass is 16.5. The number of hydrogen-bond acceptors (Lipinski definition) is 2. The minimum atomic E-state index is 0.744. The highest BCUT2D eigenvalue weighted by molar-refractivity contribution is 5.72. The van der Waals surface area contributed by atoms with E-state index in [-0.39, 0.29) is 0 Å². The van der Waals surface area contributed by atoms with E-state index in [9.17, 15) is 0 Å². The van der Waals surface area contributed by atoms with Gasteiger partial charge >= 0.3 is 0 Å². The topological polar surface area (TPSA) is 12.5 Å². The van der Waals surface area contributed by atoms with Crippen molar-refractivity contribution in [3.63, 3.8) is 0 Å². The lowest BCUT2D eigenvalue weighted by atomic mass is 10.1. The van der Waals surface area contributed by atoms with Crippen molar-refractivity contribution in [1.29, 1.82) is 0 Å². The van der Waals surface area contributed by atoms with Crippen LogP contribution in [0.5, 0.6) is 5.75 Å². The van der Waals surface area contributed by atoms with E-state index in [0.29, 0.717) is 0 Å². The average Bonchev–Trinajstić information content (AvgIpc) is 2.51. The van der Waals surface area contributed by atoms with Crippen LogP contribution in [0.2, 0.25) is 0 Å². The third kappa shape index (κ3) is 5.44. The smallest absolute Gasteiger partial charge is 0.126 e. The Morgan fingerprint density at radius 2 is 1.62 bits per heavy atom. The predicted octanol–water partition coefficient (Wildman–Crippen LogP) is 4.19. The van der Waals surface area contributed by atoms with Gasteiger partial charge in [0.2, 0.25) is 0 Å². The summed E-state index contributed by atoms with van der Waals surface area (Å²) in [5.74, 6) is 0.948. The van der Waals surface area contributed by atoms with Crippen molar-refractivity contribution >= 4 is 12.2 Å². The second-order valence-corrected chi connectivity index (χ2v) is 5.29. The molecule has 0 unspecified atom stereocenters. The minimum Gasteiger partial charge on any atom is -0.493 e. The average molecular weight is 281 g/mol. The highest BCUT2D eigenvalue weighted by Gasteiger charge is 2.00. The maximum Gasteiger partial charge on any atom is 0.126 e. The van der Waals surface area contributed by atoms with Gasteiger partial charge in [0, 0.05) is 12.1 Å². The first-order valence-electron chi connectivity index (χ1n) is 7.35. The molecule has 0 aliphatic heterocycles. The van der Waals surface area contributed by atoms with Gasteiger partial charge in [0.15, 0.2) is 0 Å². The van der Waals surface area contributed by atoms with Gasteiger partial charge in [-0.25, -0.2) is 0 Å². The van der Waals surface area contributed by atoms with E-state index in [1.165, 1.54) is 5.56 Å². The number of hydrogen-bond donors (Lipinski definition) is 0. The Morgan fingerprint density at radius 1 is 0.905 bits per heavy atom. The maximum absolute atomic E-state index is 5.90. The van der Waals surface area contributed by atoms with E-state index in [1.54, 1.807) is 0 Å². The molecule has 110 valence electrons. The Hall–Kier alpha value is -2.06. The minimum absolute atomic E-state index is 0.744. The van der Waals surface area contributed by atoms with Crippen LogP contribution in [0.1, 0.15) is 17.5 Å². The highest BCUT2D eigenvalue weighted by Crippen LogP contribution is 2.20. The van der Waals surface area contributed by atoms with Crippen molar-refractivity contribution in [2.45, 2.75) is 6.42 Å². The molecule has 2 rings (SSSR count). The zero-order valence-corrected chi connectivity index (χ0v) is 12.8. The molecule has 0 atom stereocenters. The summed E-state index contributed by atoms with van der Waals surface area (Å²) in [6.45, 7) is 1.79. The molecule has 0 spiro atoms. The van der Waals surface area contributed by atoms with Crippen molar-refractivity contribution in [2.24, 2.45) is 0 Å². The van der Waals surface area contributed by atoms with Crippen molar-refractivity contribution < 1.29 is 4.74 Å². The van der Waals surface area contributed by atoms with Gasteiger partial charge in [0.1, 0.15) is 5.75 Å². The van der Waals surface area contributed by atoms with Crippen LogP contribution in [0.25, 0.3) is 12.2 Å². The molecule has 2 aromatic rings. The largest absolute Gasteiger partial charge is 0.493 e. The van der Waals surface area contributed by atoms with Gasteiger partial charge in [0.05, 0.1) is 6.61 Å². The first-order valence-corrected chi connectivity index (χ1v) is 7.35. The third-order valence-corrected chi connectivity index (χ3v) is 3.18. The summed E-state index contributed by atoms with van der Waals surface area (Å²) < 4.78 is 5.90. The molecule has 0 fully saturated rings. The molecule has 0 radical (unpaired) electrons. The summed E-state index contributed by atoms with van der Waals surface area (Å²) in [6.07, 6.45) is 5.25. The van der Waals surface area contributed by atoms with Gasteiger partial charge in [-0.3, -0.25) is 0 Å². The van der Waals surface area contributed by atoms with Crippen LogP contribution in [0.15, 0.2) is 54.6 Å². The zero-order chi connectivity index (χ0) is 14.9. The summed E-state index contributed by atoms with van der Waals surface area (Å²) in [5, 5.41) is 0. The Kier molecular flexibility index (Phi) is 6.04. The molecule has 0 heterocycles. The second-order valence-electron chi connectivity index (χ2n) is 5.29. The number of ether oxygens (including phenoxy) is 1. The summed E-state index contributed by atoms with van der Waals surface area (Å²) in [6, 6.07) is 18.5. The van der Waals surface area contributed by atoms with Crippen LogP contribution in [0.4, 0.5) is 0 Å². The summed E-state index contributed by atoms with van der Waals surface area (Å²) >= 11 is 0. The summed E-state index contributed by atoms with van der Waals surface area (Å²) in [4.78, 5) is 2.17. The first kappa shape index (κ1) is 15.3. The molecule has 2 nitrogen and oxygen atoms in total. The molecule has 0 saturated heterocycles. The summed E-state index contributed by atoms with van der Waals surface area (Å²) in [7, 11) is 4.16. The van der Waals surface area contributed by atoms with Crippen LogP contribution >= 0.6 is 0 Å². The lowest BCUT2D eigenvalue weighted by Gasteiger charge is -2.11. The van der Waals surface area contributed by atoms with Gasteiger partial charge in [0.25, 0.3) is 0 Å². The normalized spacial score (nSPS) is 11.2. The monoisotopic (exact) mass is 281 g/mol. The molecular weight excluding hydrogens is 258 g/mol. The van der Waals surface area contributed by atoms with E-state index < -0.39 is 0 Å². The molecule has 0 aliphatic carbocycles. The second kappa shape index (κ2) is 8.28. The molecule has 0 aliphatic rings. The molecule has 0 bridgehead atoms. The van der Waals surface area contributed by atoms with E-state index in [4.69, 9.17) is 4.74 Å². The number of para-hydroxylation sites is 1. The number of rotatable bonds is 7. The van der Waals surface area contributed by atoms with Crippen LogP contribution < -0.4 is 4.74 Å². The van der Waals surface area contributed by atoms with Crippen molar-refractivity contribution in [3.05, 3.63) is 65.7 Å². The van der Waals surface area contributed by atoms with Gasteiger partial charge in [-0.2, -0.15) is 0 Å². The lowest BCUT2D eigenvalue weighted by Crippen LogP contribution is -2.15. The zero-order valence-electron chi connectivity index (χ0n) is 12.8. The van der Waals surface area contributed by atoms with E-state index in [1.807, 2.05) is 36.4 Å². The van der Waals surface area contributed by atoms with E-state index >= 15 is 0 Å². The van der Waals surface area contributed by atoms with Crippen molar-refractivity contribution in [2.75, 3.05) is 27.2 Å². The lowest BCUT2D eigenvalue weighted by molar-refractivity contribution is 0.281. The first-order chi connectivity index (χ1) is 10.3. The number of nitrogens with zero attached hydrogens (tertiary/aromatic N) is 1. The van der Waals surface area contributed by atoms with E-state index in [2.05, 4.69) is 49.3 Å². The van der Waals surface area contributed by atoms with Crippen LogP contribution in [0, 0.1) is 0 Å². The van der Waals surface area contributed by atoms with Crippen molar-refractivity contribution in [1.82, 2.24) is 4.90 Å². The predicted molar refractivity (Wildman–Crippen MR) is 90.5 cm³/mol. The molecule has 0 aromatic heterocycles. The van der Waals surface area contributed by atoms with Crippen molar-refractivity contribution in [3.8, 4) is 5.75 Å². The van der Waals surface area contributed by atoms with Gasteiger partial charge < -0.3 is 9.64 Å². The Balaban J connectivity index is 1.98. The molecular formula is C19H23NO. The van der Waals surface area contributed by atoms with Crippen LogP contribution in [-0.2, 0) is 0 Å². The fourth-order valence-electron chi connectivity index (χ4n) is 2.06. The van der Waals surface area contributed by atoms with E-state index in [0.717, 1.165) is 30.9 Å². The molecule has 0 amide bonds. The summed E-state index contributed by atoms with van der Waals surface area (Å²) in [5.41, 5.74) is 2.31. The number of benzene rings is 2. The molecule has 0 saturated carbocycles. The fraction of sp³-hybridized carbons (Fsp3) is 0.263. The quantitative estimate of drug-likeness (QED) is 0.557. The third-order valence-electron chi connectivity index (χ3n) is 3.18. The molecule has 2 aromatic carbocycles. The Morgan fingerprint density at radius 3 is 2.38 bits per heavy atom. The van der Waals surface area contributed by atoms with Gasteiger partial charge in [-0.1, -0.05) is 60.7 Å². The molecule has 21 heavy (non-hydrogen) atoms. The van der Waals surface area contributed by atoms with Gasteiger partial charge in [-0.15, -0.1) is 0 Å². The van der Waals surface area contributed by atoms with Gasteiger partial charge in [-0.05, 0) is 32.1 Å². The maximum atomic E-state index is 5.90. The Bertz CT molecular complexity index is 561. The SMILES string of the molecule is CN(C)CCCOc1ccccc1/C=C/c1ccccc1. The molecule has 2 heteroatoms. The Labute approximate surface area is 127 Å². The standard InChI is InChI=1S/C19H23NO/c1-20(2)15-8-16-21-19-12-7-6-11-18(19)14-13-17-9-4-3-5-10-17/h3-7,9-14H,8,15-16H2,1-2H3/b14-13+.